The average molecular weight is 427 g/mol. The number of benzene rings is 1. The van der Waals surface area contributed by atoms with Gasteiger partial charge in [0.2, 0.25) is 5.91 Å². The Morgan fingerprint density at radius 3 is 2.89 bits per heavy atom. The number of carbonyl (C=O) groups excluding carboxylic acids is 1. The molecular formula is C20H18N4OS3. The molecule has 5 rings (SSSR count). The number of thiophene rings is 1. The highest BCUT2D eigenvalue weighted by Crippen LogP contribution is 2.34. The van der Waals surface area contributed by atoms with Crippen molar-refractivity contribution in [3.05, 3.63) is 47.0 Å². The highest BCUT2D eigenvalue weighted by atomic mass is 32.2. The van der Waals surface area contributed by atoms with E-state index in [0.29, 0.717) is 11.7 Å². The normalized spacial score (nSPS) is 15.5. The van der Waals surface area contributed by atoms with Crippen molar-refractivity contribution >= 4 is 60.8 Å². The van der Waals surface area contributed by atoms with Crippen LogP contribution in [0.15, 0.2) is 47.1 Å². The number of piperidine rings is 1. The van der Waals surface area contributed by atoms with E-state index >= 15 is 0 Å². The second-order valence-corrected chi connectivity index (χ2v) is 9.70. The van der Waals surface area contributed by atoms with Crippen LogP contribution in [0.25, 0.3) is 20.4 Å². The number of nitrogens with zero attached hydrogens (tertiary/aromatic N) is 4. The van der Waals surface area contributed by atoms with Crippen molar-refractivity contribution < 1.29 is 4.79 Å². The molecule has 1 saturated heterocycles. The van der Waals surface area contributed by atoms with Crippen LogP contribution in [0.2, 0.25) is 0 Å². The number of para-hydroxylation sites is 1. The molecule has 0 aliphatic carbocycles. The van der Waals surface area contributed by atoms with Crippen LogP contribution in [0, 0.1) is 0 Å². The summed E-state index contributed by atoms with van der Waals surface area (Å²) in [5.74, 6) is 1.07. The molecule has 1 aromatic carbocycles. The van der Waals surface area contributed by atoms with Gasteiger partial charge >= 0.3 is 0 Å². The minimum atomic E-state index is 0.190. The van der Waals surface area contributed by atoms with Gasteiger partial charge in [0, 0.05) is 24.4 Å². The molecule has 0 unspecified atom stereocenters. The molecule has 3 aromatic heterocycles. The lowest BCUT2D eigenvalue weighted by molar-refractivity contribution is -0.129. The first kappa shape index (κ1) is 18.0. The monoisotopic (exact) mass is 426 g/mol. The molecule has 0 atom stereocenters. The van der Waals surface area contributed by atoms with Gasteiger partial charge in [-0.15, -0.1) is 22.7 Å². The number of carbonyl (C=O) groups is 1. The largest absolute Gasteiger partial charge is 0.342 e. The lowest BCUT2D eigenvalue weighted by Gasteiger charge is -2.31. The van der Waals surface area contributed by atoms with Crippen molar-refractivity contribution in [2.75, 3.05) is 18.8 Å². The third-order valence-electron chi connectivity index (χ3n) is 5.06. The fourth-order valence-electron chi connectivity index (χ4n) is 3.54. The van der Waals surface area contributed by atoms with Gasteiger partial charge in [-0.3, -0.25) is 4.79 Å². The number of likely N-dealkylation sites (tertiary alicyclic amines) is 1. The molecule has 1 aliphatic rings. The standard InChI is InChI=1S/C20H18N4OS3/c25-17(11-27-20-14-7-10-26-19(14)21-12-22-20)24-8-5-13(6-9-24)18-23-15-3-1-2-4-16(15)28-18/h1-4,7,10,12-13H,5-6,8-9,11H2. The van der Waals surface area contributed by atoms with E-state index in [1.807, 2.05) is 22.4 Å². The molecule has 1 amide bonds. The maximum atomic E-state index is 12.7. The molecule has 0 spiro atoms. The number of hydrogen-bond donors (Lipinski definition) is 0. The molecule has 1 fully saturated rings. The Labute approximate surface area is 174 Å². The summed E-state index contributed by atoms with van der Waals surface area (Å²) >= 11 is 4.90. The maximum absolute atomic E-state index is 12.7. The first-order valence-corrected chi connectivity index (χ1v) is 11.9. The number of fused-ring (bicyclic) bond motifs is 2. The number of rotatable bonds is 4. The fraction of sp³-hybridized carbons (Fsp3) is 0.300. The molecular weight excluding hydrogens is 408 g/mol. The zero-order valence-electron chi connectivity index (χ0n) is 15.1. The van der Waals surface area contributed by atoms with Gasteiger partial charge in [0.05, 0.1) is 21.0 Å². The van der Waals surface area contributed by atoms with E-state index in [0.717, 1.165) is 46.7 Å². The van der Waals surface area contributed by atoms with Crippen molar-refractivity contribution in [2.45, 2.75) is 23.8 Å². The molecule has 0 radical (unpaired) electrons. The van der Waals surface area contributed by atoms with E-state index in [4.69, 9.17) is 4.98 Å². The Morgan fingerprint density at radius 2 is 2.04 bits per heavy atom. The van der Waals surface area contributed by atoms with Gasteiger partial charge in [-0.05, 0) is 36.4 Å². The predicted molar refractivity (Wildman–Crippen MR) is 116 cm³/mol. The number of thiazole rings is 1. The van der Waals surface area contributed by atoms with Gasteiger partial charge in [0.25, 0.3) is 0 Å². The van der Waals surface area contributed by atoms with Gasteiger partial charge in [-0.2, -0.15) is 0 Å². The van der Waals surface area contributed by atoms with Crippen LogP contribution in [0.3, 0.4) is 0 Å². The van der Waals surface area contributed by atoms with Gasteiger partial charge in [0.1, 0.15) is 16.2 Å². The molecule has 4 aromatic rings. The summed E-state index contributed by atoms with van der Waals surface area (Å²) in [4.78, 5) is 29.1. The van der Waals surface area contributed by atoms with Crippen LogP contribution in [-0.4, -0.2) is 44.6 Å². The summed E-state index contributed by atoms with van der Waals surface area (Å²) in [6.45, 7) is 1.61. The predicted octanol–water partition coefficient (Wildman–Crippen LogP) is 4.80. The van der Waals surface area contributed by atoms with Crippen LogP contribution in [0.5, 0.6) is 0 Å². The van der Waals surface area contributed by atoms with Crippen molar-refractivity contribution in [1.82, 2.24) is 19.9 Å². The first-order valence-electron chi connectivity index (χ1n) is 9.22. The minimum Gasteiger partial charge on any atom is -0.342 e. The van der Waals surface area contributed by atoms with Crippen molar-refractivity contribution in [3.8, 4) is 0 Å². The van der Waals surface area contributed by atoms with Crippen LogP contribution >= 0.6 is 34.4 Å². The molecule has 0 N–H and O–H groups in total. The SMILES string of the molecule is O=C(CSc1ncnc2sccc12)N1CCC(c2nc3ccccc3s2)CC1. The Morgan fingerprint density at radius 1 is 1.18 bits per heavy atom. The number of aromatic nitrogens is 3. The van der Waals surface area contributed by atoms with Crippen LogP contribution in [-0.2, 0) is 4.79 Å². The third-order valence-corrected chi connectivity index (χ3v) is 8.07. The average Bonchev–Trinajstić information content (AvgIpc) is 3.39. The molecule has 0 bridgehead atoms. The zero-order chi connectivity index (χ0) is 18.9. The summed E-state index contributed by atoms with van der Waals surface area (Å²) in [7, 11) is 0. The fourth-order valence-corrected chi connectivity index (χ4v) is 6.36. The smallest absolute Gasteiger partial charge is 0.232 e. The van der Waals surface area contributed by atoms with E-state index in [1.165, 1.54) is 21.5 Å². The molecule has 4 heterocycles. The zero-order valence-corrected chi connectivity index (χ0v) is 17.5. The number of hydrogen-bond acceptors (Lipinski definition) is 7. The molecule has 5 nitrogen and oxygen atoms in total. The number of amides is 1. The van der Waals surface area contributed by atoms with Crippen LogP contribution in [0.1, 0.15) is 23.8 Å². The lowest BCUT2D eigenvalue weighted by Crippen LogP contribution is -2.38. The Hall–Kier alpha value is -2.03. The van der Waals surface area contributed by atoms with E-state index in [1.54, 1.807) is 29.0 Å². The first-order chi connectivity index (χ1) is 13.8. The van der Waals surface area contributed by atoms with Crippen molar-refractivity contribution in [1.29, 1.82) is 0 Å². The topological polar surface area (TPSA) is 59.0 Å². The summed E-state index contributed by atoms with van der Waals surface area (Å²) in [5, 5.41) is 5.16. The van der Waals surface area contributed by atoms with Crippen molar-refractivity contribution in [2.24, 2.45) is 0 Å². The summed E-state index contributed by atoms with van der Waals surface area (Å²) in [5.41, 5.74) is 1.09. The van der Waals surface area contributed by atoms with E-state index in [-0.39, 0.29) is 5.91 Å². The Balaban J connectivity index is 1.19. The second-order valence-electron chi connectivity index (χ2n) is 6.78. The summed E-state index contributed by atoms with van der Waals surface area (Å²) in [6.07, 6.45) is 3.55. The van der Waals surface area contributed by atoms with Crippen LogP contribution in [0.4, 0.5) is 0 Å². The summed E-state index contributed by atoms with van der Waals surface area (Å²) < 4.78 is 1.25. The van der Waals surface area contributed by atoms with Gasteiger partial charge < -0.3 is 4.90 Å². The Bertz CT molecular complexity index is 1100. The van der Waals surface area contributed by atoms with Gasteiger partial charge in [0.15, 0.2) is 0 Å². The maximum Gasteiger partial charge on any atom is 0.232 e. The van der Waals surface area contributed by atoms with E-state index in [2.05, 4.69) is 28.2 Å². The second kappa shape index (κ2) is 7.77. The van der Waals surface area contributed by atoms with E-state index < -0.39 is 0 Å². The van der Waals surface area contributed by atoms with Crippen molar-refractivity contribution in [3.63, 3.8) is 0 Å². The van der Waals surface area contributed by atoms with Crippen LogP contribution < -0.4 is 0 Å². The van der Waals surface area contributed by atoms with Gasteiger partial charge in [-0.1, -0.05) is 23.9 Å². The quantitative estimate of drug-likeness (QED) is 0.347. The molecule has 28 heavy (non-hydrogen) atoms. The van der Waals surface area contributed by atoms with Gasteiger partial charge in [-0.25, -0.2) is 15.0 Å². The number of thioether (sulfide) groups is 1. The molecule has 1 aliphatic heterocycles. The molecule has 8 heteroatoms. The third kappa shape index (κ3) is 3.52. The molecule has 142 valence electrons. The highest BCUT2D eigenvalue weighted by Gasteiger charge is 2.26. The van der Waals surface area contributed by atoms with E-state index in [9.17, 15) is 4.79 Å². The Kier molecular flexibility index (Phi) is 5.00. The summed E-state index contributed by atoms with van der Waals surface area (Å²) in [6, 6.07) is 10.3. The highest BCUT2D eigenvalue weighted by molar-refractivity contribution is 8.00. The lowest BCUT2D eigenvalue weighted by atomic mass is 9.97. The molecule has 0 saturated carbocycles. The minimum absolute atomic E-state index is 0.190.